The van der Waals surface area contributed by atoms with E-state index in [0.717, 1.165) is 22.5 Å². The van der Waals surface area contributed by atoms with E-state index in [9.17, 15) is 4.79 Å². The predicted molar refractivity (Wildman–Crippen MR) is 74.4 cm³/mol. The van der Waals surface area contributed by atoms with Crippen molar-refractivity contribution in [2.45, 2.75) is 20.4 Å². The molecule has 6 nitrogen and oxygen atoms in total. The van der Waals surface area contributed by atoms with E-state index >= 15 is 0 Å². The zero-order chi connectivity index (χ0) is 14.1. The quantitative estimate of drug-likeness (QED) is 0.758. The summed E-state index contributed by atoms with van der Waals surface area (Å²) in [5.41, 5.74) is 4.44. The lowest BCUT2D eigenvalue weighted by molar-refractivity contribution is 0.0951. The van der Waals surface area contributed by atoms with Gasteiger partial charge in [0.2, 0.25) is 0 Å². The third-order valence-electron chi connectivity index (χ3n) is 3.38. The van der Waals surface area contributed by atoms with Crippen LogP contribution in [0.5, 0.6) is 0 Å². The first-order valence-corrected chi connectivity index (χ1v) is 6.35. The number of aryl methyl sites for hydroxylation is 2. The Bertz CT molecular complexity index is 751. The highest BCUT2D eigenvalue weighted by atomic mass is 16.1. The summed E-state index contributed by atoms with van der Waals surface area (Å²) in [6, 6.07) is 3.59. The number of rotatable bonds is 3. The van der Waals surface area contributed by atoms with Gasteiger partial charge in [0.1, 0.15) is 0 Å². The van der Waals surface area contributed by atoms with E-state index in [-0.39, 0.29) is 5.91 Å². The van der Waals surface area contributed by atoms with Crippen LogP contribution in [0.25, 0.3) is 5.52 Å². The number of imidazole rings is 1. The molecule has 20 heavy (non-hydrogen) atoms. The molecule has 0 fully saturated rings. The molecule has 0 bridgehead atoms. The third-order valence-corrected chi connectivity index (χ3v) is 3.38. The number of pyridine rings is 1. The zero-order valence-electron chi connectivity index (χ0n) is 11.3. The van der Waals surface area contributed by atoms with Crippen LogP contribution in [0.4, 0.5) is 0 Å². The zero-order valence-corrected chi connectivity index (χ0v) is 11.3. The van der Waals surface area contributed by atoms with Gasteiger partial charge in [-0.1, -0.05) is 0 Å². The molecule has 3 aromatic heterocycles. The molecule has 0 saturated heterocycles. The van der Waals surface area contributed by atoms with Crippen LogP contribution in [0.15, 0.2) is 30.9 Å². The van der Waals surface area contributed by atoms with Gasteiger partial charge in [-0.15, -0.1) is 0 Å². The Labute approximate surface area is 115 Å². The fourth-order valence-electron chi connectivity index (χ4n) is 2.17. The van der Waals surface area contributed by atoms with Gasteiger partial charge < -0.3 is 9.72 Å². The van der Waals surface area contributed by atoms with E-state index in [2.05, 4.69) is 20.5 Å². The standard InChI is InChI=1S/C14H15N5O/c1-9-13(10(2)18-17-9)7-16-14(20)11-3-4-19-8-15-6-12(19)5-11/h3-6,8H,7H2,1-2H3,(H,16,20)(H,17,18). The second kappa shape index (κ2) is 4.80. The molecule has 6 heteroatoms. The molecule has 0 aliphatic rings. The van der Waals surface area contributed by atoms with Crippen LogP contribution in [-0.4, -0.2) is 25.5 Å². The van der Waals surface area contributed by atoms with Crippen LogP contribution < -0.4 is 5.32 Å². The first-order valence-electron chi connectivity index (χ1n) is 6.35. The number of amides is 1. The lowest BCUT2D eigenvalue weighted by Gasteiger charge is -2.06. The van der Waals surface area contributed by atoms with Gasteiger partial charge >= 0.3 is 0 Å². The van der Waals surface area contributed by atoms with Gasteiger partial charge in [0.05, 0.1) is 23.7 Å². The van der Waals surface area contributed by atoms with Crippen molar-refractivity contribution in [2.24, 2.45) is 0 Å². The summed E-state index contributed by atoms with van der Waals surface area (Å²) in [6.45, 7) is 4.33. The molecule has 0 aliphatic heterocycles. The van der Waals surface area contributed by atoms with E-state index in [1.807, 2.05) is 30.5 Å². The molecule has 0 unspecified atom stereocenters. The maximum atomic E-state index is 12.2. The van der Waals surface area contributed by atoms with Gasteiger partial charge in [-0.2, -0.15) is 5.10 Å². The summed E-state index contributed by atoms with van der Waals surface area (Å²) in [5.74, 6) is -0.103. The highest BCUT2D eigenvalue weighted by Crippen LogP contribution is 2.10. The van der Waals surface area contributed by atoms with Crippen LogP contribution in [0.2, 0.25) is 0 Å². The minimum absolute atomic E-state index is 0.103. The fourth-order valence-corrected chi connectivity index (χ4v) is 2.17. The summed E-state index contributed by atoms with van der Waals surface area (Å²) in [6.07, 6.45) is 5.25. The summed E-state index contributed by atoms with van der Waals surface area (Å²) >= 11 is 0. The number of nitrogens with one attached hydrogen (secondary N) is 2. The van der Waals surface area contributed by atoms with Gasteiger partial charge in [0, 0.05) is 29.6 Å². The van der Waals surface area contributed by atoms with Gasteiger partial charge in [0.25, 0.3) is 5.91 Å². The van der Waals surface area contributed by atoms with Crippen molar-refractivity contribution >= 4 is 11.4 Å². The highest BCUT2D eigenvalue weighted by molar-refractivity contribution is 5.95. The Morgan fingerprint density at radius 1 is 1.45 bits per heavy atom. The van der Waals surface area contributed by atoms with Gasteiger partial charge in [0.15, 0.2) is 0 Å². The van der Waals surface area contributed by atoms with Crippen molar-refractivity contribution in [3.63, 3.8) is 0 Å². The van der Waals surface area contributed by atoms with E-state index in [0.29, 0.717) is 12.1 Å². The Kier molecular flexibility index (Phi) is 2.98. The van der Waals surface area contributed by atoms with Crippen LogP contribution >= 0.6 is 0 Å². The Balaban J connectivity index is 1.76. The monoisotopic (exact) mass is 269 g/mol. The van der Waals surface area contributed by atoms with E-state index in [1.54, 1.807) is 18.6 Å². The van der Waals surface area contributed by atoms with Crippen molar-refractivity contribution in [1.29, 1.82) is 0 Å². The first kappa shape index (κ1) is 12.4. The fraction of sp³-hybridized carbons (Fsp3) is 0.214. The van der Waals surface area contributed by atoms with Crippen molar-refractivity contribution in [1.82, 2.24) is 24.9 Å². The molecule has 0 radical (unpaired) electrons. The lowest BCUT2D eigenvalue weighted by Crippen LogP contribution is -2.23. The number of carbonyl (C=O) groups excluding carboxylic acids is 1. The molecular formula is C14H15N5O. The van der Waals surface area contributed by atoms with E-state index in [1.165, 1.54) is 0 Å². The maximum Gasteiger partial charge on any atom is 0.251 e. The molecule has 0 saturated carbocycles. The van der Waals surface area contributed by atoms with Crippen LogP contribution in [0, 0.1) is 13.8 Å². The molecule has 3 aromatic rings. The third kappa shape index (κ3) is 2.16. The molecule has 102 valence electrons. The van der Waals surface area contributed by atoms with Crippen LogP contribution in [0.3, 0.4) is 0 Å². The van der Waals surface area contributed by atoms with Crippen molar-refractivity contribution in [3.8, 4) is 0 Å². The number of nitrogens with zero attached hydrogens (tertiary/aromatic N) is 3. The van der Waals surface area contributed by atoms with Gasteiger partial charge in [-0.05, 0) is 26.0 Å². The highest BCUT2D eigenvalue weighted by Gasteiger charge is 2.10. The van der Waals surface area contributed by atoms with Crippen LogP contribution in [-0.2, 0) is 6.54 Å². The Morgan fingerprint density at radius 3 is 3.05 bits per heavy atom. The number of H-pyrrole nitrogens is 1. The molecular weight excluding hydrogens is 254 g/mol. The number of aromatic amines is 1. The smallest absolute Gasteiger partial charge is 0.251 e. The molecule has 0 aliphatic carbocycles. The minimum Gasteiger partial charge on any atom is -0.348 e. The summed E-state index contributed by atoms with van der Waals surface area (Å²) in [7, 11) is 0. The van der Waals surface area contributed by atoms with E-state index < -0.39 is 0 Å². The number of hydrogen-bond acceptors (Lipinski definition) is 3. The first-order chi connectivity index (χ1) is 9.65. The average molecular weight is 269 g/mol. The SMILES string of the molecule is Cc1n[nH]c(C)c1CNC(=O)c1ccn2cncc2c1. The number of hydrogen-bond donors (Lipinski definition) is 2. The molecule has 0 aromatic carbocycles. The number of aromatic nitrogens is 4. The largest absolute Gasteiger partial charge is 0.348 e. The van der Waals surface area contributed by atoms with E-state index in [4.69, 9.17) is 0 Å². The second-order valence-electron chi connectivity index (χ2n) is 4.74. The van der Waals surface area contributed by atoms with Crippen molar-refractivity contribution in [2.75, 3.05) is 0 Å². The normalized spacial score (nSPS) is 10.9. The maximum absolute atomic E-state index is 12.2. The molecule has 0 atom stereocenters. The minimum atomic E-state index is -0.103. The molecule has 2 N–H and O–H groups in total. The number of carbonyl (C=O) groups is 1. The Hall–Kier alpha value is -2.63. The van der Waals surface area contributed by atoms with Crippen molar-refractivity contribution < 1.29 is 4.79 Å². The molecule has 3 rings (SSSR count). The average Bonchev–Trinajstić information content (AvgIpc) is 3.03. The molecule has 1 amide bonds. The molecule has 3 heterocycles. The van der Waals surface area contributed by atoms with Gasteiger partial charge in [-0.3, -0.25) is 9.89 Å². The predicted octanol–water partition coefficient (Wildman–Crippen LogP) is 1.60. The Morgan fingerprint density at radius 2 is 2.30 bits per heavy atom. The summed E-state index contributed by atoms with van der Waals surface area (Å²) in [5, 5.41) is 9.93. The van der Waals surface area contributed by atoms with Crippen molar-refractivity contribution in [3.05, 3.63) is 53.4 Å². The topological polar surface area (TPSA) is 75.1 Å². The summed E-state index contributed by atoms with van der Waals surface area (Å²) in [4.78, 5) is 16.2. The summed E-state index contributed by atoms with van der Waals surface area (Å²) < 4.78 is 1.86. The lowest BCUT2D eigenvalue weighted by atomic mass is 10.2. The van der Waals surface area contributed by atoms with Crippen LogP contribution in [0.1, 0.15) is 27.3 Å². The second-order valence-corrected chi connectivity index (χ2v) is 4.74. The number of fused-ring (bicyclic) bond motifs is 1. The molecule has 0 spiro atoms. The van der Waals surface area contributed by atoms with Gasteiger partial charge in [-0.25, -0.2) is 4.98 Å².